The summed E-state index contributed by atoms with van der Waals surface area (Å²) in [4.78, 5) is 23.8. The molecular formula is C15H9O4S+. The van der Waals surface area contributed by atoms with Crippen LogP contribution >= 0.6 is 11.3 Å². The highest BCUT2D eigenvalue weighted by Gasteiger charge is 2.18. The Labute approximate surface area is 118 Å². The van der Waals surface area contributed by atoms with Crippen molar-refractivity contribution >= 4 is 39.5 Å². The molecule has 0 saturated carbocycles. The maximum absolute atomic E-state index is 12.4. The first-order chi connectivity index (χ1) is 9.65. The lowest BCUT2D eigenvalue weighted by atomic mass is 10.1. The molecule has 4 nitrogen and oxygen atoms in total. The van der Waals surface area contributed by atoms with Crippen LogP contribution in [-0.4, -0.2) is 17.7 Å². The van der Waals surface area contributed by atoms with Crippen LogP contribution in [0.3, 0.4) is 0 Å². The minimum Gasteiger partial charge on any atom is -0.482 e. The first-order valence-electron chi connectivity index (χ1n) is 5.86. The van der Waals surface area contributed by atoms with Crippen LogP contribution in [0.15, 0.2) is 29.1 Å². The first kappa shape index (κ1) is 12.5. The van der Waals surface area contributed by atoms with E-state index >= 15 is 0 Å². The minimum atomic E-state index is -1.05. The number of aliphatic carboxylic acids is 1. The average Bonchev–Trinajstić information content (AvgIpc) is 2.46. The van der Waals surface area contributed by atoms with E-state index in [1.54, 1.807) is 30.4 Å². The highest BCUT2D eigenvalue weighted by atomic mass is 32.1. The Morgan fingerprint density at radius 3 is 3.05 bits per heavy atom. The van der Waals surface area contributed by atoms with E-state index in [2.05, 4.69) is 6.08 Å². The zero-order valence-corrected chi connectivity index (χ0v) is 11.1. The van der Waals surface area contributed by atoms with Crippen molar-refractivity contribution in [3.63, 3.8) is 0 Å². The van der Waals surface area contributed by atoms with E-state index in [0.29, 0.717) is 16.7 Å². The third-order valence-electron chi connectivity index (χ3n) is 2.85. The van der Waals surface area contributed by atoms with Crippen LogP contribution in [0.5, 0.6) is 5.75 Å². The summed E-state index contributed by atoms with van der Waals surface area (Å²) in [5.74, 6) is -0.674. The highest BCUT2D eigenvalue weighted by Crippen LogP contribution is 2.28. The number of carboxylic acid groups (broad SMARTS) is 1. The van der Waals surface area contributed by atoms with Crippen LogP contribution < -0.4 is 10.2 Å². The maximum atomic E-state index is 12.4. The molecule has 1 aliphatic carbocycles. The third kappa shape index (κ3) is 2.20. The van der Waals surface area contributed by atoms with Gasteiger partial charge in [-0.1, -0.05) is 0 Å². The Kier molecular flexibility index (Phi) is 3.06. The molecular weight excluding hydrogens is 276 g/mol. The van der Waals surface area contributed by atoms with Crippen LogP contribution in [0.1, 0.15) is 10.4 Å². The van der Waals surface area contributed by atoms with Crippen LogP contribution in [0.25, 0.3) is 22.2 Å². The van der Waals surface area contributed by atoms with Gasteiger partial charge in [0.25, 0.3) is 5.43 Å². The van der Waals surface area contributed by atoms with E-state index in [0.717, 1.165) is 9.58 Å². The van der Waals surface area contributed by atoms with E-state index in [1.807, 2.05) is 6.08 Å². The van der Waals surface area contributed by atoms with Gasteiger partial charge in [0, 0.05) is 10.8 Å². The number of hydrogen-bond acceptors (Lipinski definition) is 4. The fraction of sp³-hybridized carbons (Fsp3) is 0.0667. The predicted octanol–water partition coefficient (Wildman–Crippen LogP) is 2.57. The quantitative estimate of drug-likeness (QED) is 0.880. The van der Waals surface area contributed by atoms with E-state index in [9.17, 15) is 9.59 Å². The summed E-state index contributed by atoms with van der Waals surface area (Å²) in [6, 6.07) is 5.03. The molecule has 0 atom stereocenters. The number of rotatable bonds is 3. The fourth-order valence-corrected chi connectivity index (χ4v) is 2.99. The third-order valence-corrected chi connectivity index (χ3v) is 4.00. The van der Waals surface area contributed by atoms with Gasteiger partial charge in [-0.15, -0.1) is 11.3 Å². The molecule has 0 amide bonds. The van der Waals surface area contributed by atoms with Crippen molar-refractivity contribution in [2.45, 2.75) is 0 Å². The van der Waals surface area contributed by atoms with Gasteiger partial charge in [-0.05, 0) is 18.2 Å². The number of benzene rings is 1. The standard InChI is InChI=1S/C15H8O4S/c16-14(17)8-19-9-5-6-13-11(7-9)15(18)10-3-1-2-4-12(10)20-13/h2-7H,8H2/p+1. The summed E-state index contributed by atoms with van der Waals surface area (Å²) >= 11 is 1.51. The Morgan fingerprint density at radius 1 is 1.40 bits per heavy atom. The lowest BCUT2D eigenvalue weighted by molar-refractivity contribution is -0.139. The normalized spacial score (nSPS) is 12.0. The minimum absolute atomic E-state index is 0.0913. The second-order valence-electron chi connectivity index (χ2n) is 4.19. The lowest BCUT2D eigenvalue weighted by Gasteiger charge is -2.05. The number of carbonyl (C=O) groups is 1. The van der Waals surface area contributed by atoms with Gasteiger partial charge in [0.1, 0.15) is 17.9 Å². The van der Waals surface area contributed by atoms with E-state index < -0.39 is 12.6 Å². The van der Waals surface area contributed by atoms with Gasteiger partial charge in [-0.3, -0.25) is 4.79 Å². The van der Waals surface area contributed by atoms with Gasteiger partial charge in [0.2, 0.25) is 0 Å². The molecule has 3 rings (SSSR count). The molecule has 0 bridgehead atoms. The Hall–Kier alpha value is -2.49. The number of fused-ring (bicyclic) bond motifs is 2. The van der Waals surface area contributed by atoms with Crippen LogP contribution in [0.2, 0.25) is 0 Å². The molecule has 1 aromatic carbocycles. The molecule has 5 heteroatoms. The van der Waals surface area contributed by atoms with Crippen molar-refractivity contribution in [3.05, 3.63) is 51.0 Å². The zero-order valence-electron chi connectivity index (χ0n) is 10.3. The van der Waals surface area contributed by atoms with Crippen molar-refractivity contribution in [2.75, 3.05) is 6.61 Å². The van der Waals surface area contributed by atoms with Gasteiger partial charge in [0.05, 0.1) is 11.5 Å². The summed E-state index contributed by atoms with van der Waals surface area (Å²) in [6.07, 6.45) is 8.19. The summed E-state index contributed by atoms with van der Waals surface area (Å²) in [7, 11) is 0. The van der Waals surface area contributed by atoms with Crippen molar-refractivity contribution < 1.29 is 14.6 Å². The van der Waals surface area contributed by atoms with Gasteiger partial charge < -0.3 is 9.84 Å². The Bertz CT molecular complexity index is 814. The van der Waals surface area contributed by atoms with Crippen molar-refractivity contribution in [3.8, 4) is 5.75 Å². The van der Waals surface area contributed by atoms with Crippen molar-refractivity contribution in [1.29, 1.82) is 0 Å². The fourth-order valence-electron chi connectivity index (χ4n) is 1.96. The van der Waals surface area contributed by atoms with Crippen LogP contribution in [0.4, 0.5) is 0 Å². The molecule has 0 spiro atoms. The zero-order chi connectivity index (χ0) is 14.1. The molecule has 2 aromatic rings. The maximum Gasteiger partial charge on any atom is 0.341 e. The molecule has 0 radical (unpaired) electrons. The number of hydrogen-bond donors (Lipinski definition) is 1. The summed E-state index contributed by atoms with van der Waals surface area (Å²) in [5, 5.41) is 9.13. The topological polar surface area (TPSA) is 63.6 Å². The summed E-state index contributed by atoms with van der Waals surface area (Å²) < 4.78 is 5.94. The lowest BCUT2D eigenvalue weighted by Crippen LogP contribution is -2.10. The van der Waals surface area contributed by atoms with E-state index in [4.69, 9.17) is 9.84 Å². The number of ether oxygens (including phenoxy) is 1. The van der Waals surface area contributed by atoms with Gasteiger partial charge in [0.15, 0.2) is 17.0 Å². The Morgan fingerprint density at radius 2 is 2.25 bits per heavy atom. The van der Waals surface area contributed by atoms with Crippen LogP contribution in [0, 0.1) is 6.08 Å². The summed E-state index contributed by atoms with van der Waals surface area (Å²) in [6.45, 7) is -0.426. The van der Waals surface area contributed by atoms with Gasteiger partial charge in [-0.25, -0.2) is 4.79 Å². The highest BCUT2D eigenvalue weighted by molar-refractivity contribution is 7.19. The van der Waals surface area contributed by atoms with Crippen molar-refractivity contribution in [1.82, 2.24) is 0 Å². The second kappa shape index (κ2) is 4.89. The first-order valence-corrected chi connectivity index (χ1v) is 6.68. The molecule has 20 heavy (non-hydrogen) atoms. The SMILES string of the molecule is O=C(O)COc1ccc2sc3c(c(=O)c2c1)C=[C+]C=C3. The molecule has 1 aromatic heterocycles. The molecule has 1 N–H and O–H groups in total. The largest absolute Gasteiger partial charge is 0.482 e. The molecule has 1 aliphatic rings. The molecule has 0 fully saturated rings. The average molecular weight is 285 g/mol. The molecule has 0 aliphatic heterocycles. The molecule has 0 saturated heterocycles. The Balaban J connectivity index is 2.12. The van der Waals surface area contributed by atoms with Gasteiger partial charge >= 0.3 is 5.97 Å². The number of carboxylic acids is 1. The molecule has 98 valence electrons. The summed E-state index contributed by atoms with van der Waals surface area (Å²) in [5.41, 5.74) is 0.520. The number of allylic oxidation sites excluding steroid dienone is 2. The monoisotopic (exact) mass is 285 g/mol. The van der Waals surface area contributed by atoms with Crippen LogP contribution in [-0.2, 0) is 4.79 Å². The smallest absolute Gasteiger partial charge is 0.341 e. The van der Waals surface area contributed by atoms with Gasteiger partial charge in [-0.2, -0.15) is 0 Å². The predicted molar refractivity (Wildman–Crippen MR) is 78.0 cm³/mol. The van der Waals surface area contributed by atoms with E-state index in [1.165, 1.54) is 11.3 Å². The second-order valence-corrected chi connectivity index (χ2v) is 5.28. The van der Waals surface area contributed by atoms with E-state index in [-0.39, 0.29) is 5.43 Å². The molecule has 0 unspecified atom stereocenters. The molecule has 1 heterocycles. The van der Waals surface area contributed by atoms with Crippen molar-refractivity contribution in [2.24, 2.45) is 0 Å².